The van der Waals surface area contributed by atoms with E-state index in [1.165, 1.54) is 5.56 Å². The van der Waals surface area contributed by atoms with E-state index in [2.05, 4.69) is 58.3 Å². The van der Waals surface area contributed by atoms with Gasteiger partial charge >= 0.3 is 0 Å². The summed E-state index contributed by atoms with van der Waals surface area (Å²) in [5, 5.41) is 2.99. The third-order valence-corrected chi connectivity index (χ3v) is 3.09. The largest absolute Gasteiger partial charge is 0.357 e. The Balaban J connectivity index is 2.44. The van der Waals surface area contributed by atoms with Crippen LogP contribution in [0.1, 0.15) is 18.1 Å². The summed E-state index contributed by atoms with van der Waals surface area (Å²) in [6.07, 6.45) is 1.85. The molecular weight excluding hydrogens is 236 g/mol. The highest BCUT2D eigenvalue weighted by Crippen LogP contribution is 2.26. The van der Waals surface area contributed by atoms with Crippen molar-refractivity contribution in [3.8, 4) is 0 Å². The monoisotopic (exact) mass is 256 g/mol. The predicted molar refractivity (Wildman–Crippen MR) is 80.2 cm³/mol. The van der Waals surface area contributed by atoms with Gasteiger partial charge in [-0.25, -0.2) is 4.98 Å². The Bertz CT molecular complexity index is 549. The lowest BCUT2D eigenvalue weighted by Crippen LogP contribution is -2.19. The van der Waals surface area contributed by atoms with Crippen LogP contribution in [-0.2, 0) is 0 Å². The van der Waals surface area contributed by atoms with Crippen LogP contribution in [0.4, 0.5) is 17.5 Å². The molecule has 0 bridgehead atoms. The van der Waals surface area contributed by atoms with Crippen LogP contribution in [0.2, 0.25) is 0 Å². The summed E-state index contributed by atoms with van der Waals surface area (Å²) in [6.45, 7) is 7.12. The SMILES string of the molecule is CCN(c1ccc(C)cc1)c1nc(NC)ncc1C. The first-order valence-electron chi connectivity index (χ1n) is 6.51. The maximum absolute atomic E-state index is 4.56. The van der Waals surface area contributed by atoms with Crippen molar-refractivity contribution in [1.82, 2.24) is 9.97 Å². The molecule has 0 atom stereocenters. The van der Waals surface area contributed by atoms with E-state index in [4.69, 9.17) is 0 Å². The first-order chi connectivity index (χ1) is 9.15. The summed E-state index contributed by atoms with van der Waals surface area (Å²) in [5.41, 5.74) is 3.48. The highest BCUT2D eigenvalue weighted by Gasteiger charge is 2.12. The smallest absolute Gasteiger partial charge is 0.224 e. The fourth-order valence-corrected chi connectivity index (χ4v) is 2.01. The lowest BCUT2D eigenvalue weighted by molar-refractivity contribution is 0.963. The molecule has 0 aliphatic carbocycles. The molecule has 19 heavy (non-hydrogen) atoms. The Hall–Kier alpha value is -2.10. The Morgan fingerprint density at radius 2 is 1.84 bits per heavy atom. The zero-order chi connectivity index (χ0) is 13.8. The van der Waals surface area contributed by atoms with Gasteiger partial charge in [0.2, 0.25) is 5.95 Å². The quantitative estimate of drug-likeness (QED) is 0.911. The lowest BCUT2D eigenvalue weighted by Gasteiger charge is -2.24. The maximum Gasteiger partial charge on any atom is 0.224 e. The molecule has 4 nitrogen and oxygen atoms in total. The van der Waals surface area contributed by atoms with Gasteiger partial charge in [0, 0.05) is 31.0 Å². The molecule has 1 N–H and O–H groups in total. The number of benzene rings is 1. The van der Waals surface area contributed by atoms with Crippen molar-refractivity contribution in [2.75, 3.05) is 23.8 Å². The Morgan fingerprint density at radius 3 is 2.42 bits per heavy atom. The molecule has 1 aromatic heterocycles. The minimum atomic E-state index is 0.645. The maximum atomic E-state index is 4.56. The van der Waals surface area contributed by atoms with Crippen molar-refractivity contribution in [3.63, 3.8) is 0 Å². The third kappa shape index (κ3) is 2.84. The minimum absolute atomic E-state index is 0.645. The lowest BCUT2D eigenvalue weighted by atomic mass is 10.2. The second-order valence-corrected chi connectivity index (χ2v) is 4.53. The molecule has 4 heteroatoms. The number of hydrogen-bond donors (Lipinski definition) is 1. The fraction of sp³-hybridized carbons (Fsp3) is 0.333. The summed E-state index contributed by atoms with van der Waals surface area (Å²) in [6, 6.07) is 8.49. The number of nitrogens with one attached hydrogen (secondary N) is 1. The summed E-state index contributed by atoms with van der Waals surface area (Å²) < 4.78 is 0. The average Bonchev–Trinajstić information content (AvgIpc) is 2.43. The molecule has 0 radical (unpaired) electrons. The molecular formula is C15H20N4. The Labute approximate surface area is 114 Å². The number of nitrogens with zero attached hydrogens (tertiary/aromatic N) is 3. The summed E-state index contributed by atoms with van der Waals surface area (Å²) in [4.78, 5) is 11.0. The highest BCUT2D eigenvalue weighted by atomic mass is 15.2. The van der Waals surface area contributed by atoms with Crippen molar-refractivity contribution in [3.05, 3.63) is 41.6 Å². The van der Waals surface area contributed by atoms with Crippen LogP contribution >= 0.6 is 0 Å². The van der Waals surface area contributed by atoms with Gasteiger partial charge in [0.1, 0.15) is 5.82 Å². The molecule has 1 heterocycles. The molecule has 0 saturated heterocycles. The van der Waals surface area contributed by atoms with Crippen molar-refractivity contribution >= 4 is 17.5 Å². The van der Waals surface area contributed by atoms with Crippen LogP contribution in [0.25, 0.3) is 0 Å². The van der Waals surface area contributed by atoms with E-state index in [9.17, 15) is 0 Å². The van der Waals surface area contributed by atoms with Gasteiger partial charge in [0.25, 0.3) is 0 Å². The molecule has 0 aliphatic rings. The van der Waals surface area contributed by atoms with Crippen molar-refractivity contribution < 1.29 is 0 Å². The van der Waals surface area contributed by atoms with Gasteiger partial charge < -0.3 is 10.2 Å². The van der Waals surface area contributed by atoms with Gasteiger partial charge in [-0.3, -0.25) is 0 Å². The van der Waals surface area contributed by atoms with Gasteiger partial charge in [-0.15, -0.1) is 0 Å². The number of anilines is 3. The molecule has 0 amide bonds. The number of aryl methyl sites for hydroxylation is 2. The topological polar surface area (TPSA) is 41.1 Å². The van der Waals surface area contributed by atoms with E-state index in [0.29, 0.717) is 5.95 Å². The van der Waals surface area contributed by atoms with Gasteiger partial charge in [-0.1, -0.05) is 17.7 Å². The van der Waals surface area contributed by atoms with Crippen LogP contribution in [0.3, 0.4) is 0 Å². The molecule has 0 fully saturated rings. The molecule has 0 unspecified atom stereocenters. The van der Waals surface area contributed by atoms with Crippen molar-refractivity contribution in [2.24, 2.45) is 0 Å². The number of aromatic nitrogens is 2. The predicted octanol–water partition coefficient (Wildman–Crippen LogP) is 3.29. The van der Waals surface area contributed by atoms with E-state index < -0.39 is 0 Å². The summed E-state index contributed by atoms with van der Waals surface area (Å²) in [7, 11) is 1.83. The zero-order valence-corrected chi connectivity index (χ0v) is 11.9. The fourth-order valence-electron chi connectivity index (χ4n) is 2.01. The van der Waals surface area contributed by atoms with E-state index in [1.807, 2.05) is 20.2 Å². The van der Waals surface area contributed by atoms with Crippen LogP contribution < -0.4 is 10.2 Å². The number of hydrogen-bond acceptors (Lipinski definition) is 4. The second-order valence-electron chi connectivity index (χ2n) is 4.53. The van der Waals surface area contributed by atoms with E-state index in [0.717, 1.165) is 23.6 Å². The third-order valence-electron chi connectivity index (χ3n) is 3.09. The molecule has 0 saturated carbocycles. The molecule has 2 rings (SSSR count). The van der Waals surface area contributed by atoms with Crippen molar-refractivity contribution in [1.29, 1.82) is 0 Å². The van der Waals surface area contributed by atoms with E-state index >= 15 is 0 Å². The normalized spacial score (nSPS) is 10.3. The Kier molecular flexibility index (Phi) is 4.00. The van der Waals surface area contributed by atoms with E-state index in [1.54, 1.807) is 0 Å². The minimum Gasteiger partial charge on any atom is -0.357 e. The first kappa shape index (κ1) is 13.3. The molecule has 0 aliphatic heterocycles. The summed E-state index contributed by atoms with van der Waals surface area (Å²) in [5.74, 6) is 1.59. The van der Waals surface area contributed by atoms with Crippen LogP contribution in [0.5, 0.6) is 0 Å². The molecule has 1 aromatic carbocycles. The van der Waals surface area contributed by atoms with Crippen LogP contribution in [-0.4, -0.2) is 23.6 Å². The van der Waals surface area contributed by atoms with Gasteiger partial charge in [0.15, 0.2) is 0 Å². The second kappa shape index (κ2) is 5.69. The van der Waals surface area contributed by atoms with Gasteiger partial charge in [-0.2, -0.15) is 4.98 Å². The highest BCUT2D eigenvalue weighted by molar-refractivity contribution is 5.63. The molecule has 100 valence electrons. The number of rotatable bonds is 4. The van der Waals surface area contributed by atoms with Crippen molar-refractivity contribution in [2.45, 2.75) is 20.8 Å². The van der Waals surface area contributed by atoms with Gasteiger partial charge in [0.05, 0.1) is 0 Å². The van der Waals surface area contributed by atoms with Crippen LogP contribution in [0, 0.1) is 13.8 Å². The average molecular weight is 256 g/mol. The van der Waals surface area contributed by atoms with E-state index in [-0.39, 0.29) is 0 Å². The first-order valence-corrected chi connectivity index (χ1v) is 6.51. The molecule has 2 aromatic rings. The Morgan fingerprint density at radius 1 is 1.16 bits per heavy atom. The molecule has 0 spiro atoms. The van der Waals surface area contributed by atoms with Gasteiger partial charge in [-0.05, 0) is 32.9 Å². The summed E-state index contributed by atoms with van der Waals surface area (Å²) >= 11 is 0. The van der Waals surface area contributed by atoms with Crippen LogP contribution in [0.15, 0.2) is 30.5 Å². The zero-order valence-electron chi connectivity index (χ0n) is 11.9. The standard InChI is InChI=1S/C15H20N4/c1-5-19(13-8-6-11(2)7-9-13)14-12(3)10-17-15(16-4)18-14/h6-10H,5H2,1-4H3,(H,16,17,18).